The predicted molar refractivity (Wildman–Crippen MR) is 49.4 cm³/mol. The van der Waals surface area contributed by atoms with Crippen molar-refractivity contribution in [3.63, 3.8) is 0 Å². The third kappa shape index (κ3) is 1.31. The minimum absolute atomic E-state index is 0.0842. The first-order valence-electron chi connectivity index (χ1n) is 4.31. The van der Waals surface area contributed by atoms with E-state index < -0.39 is 0 Å². The Hall–Kier alpha value is -1.62. The number of hydrogen-bond acceptors (Lipinski definition) is 4. The van der Waals surface area contributed by atoms with Crippen molar-refractivity contribution >= 4 is 5.91 Å². The van der Waals surface area contributed by atoms with E-state index in [1.54, 1.807) is 4.90 Å². The van der Waals surface area contributed by atoms with Crippen molar-refractivity contribution in [2.24, 2.45) is 5.73 Å². The van der Waals surface area contributed by atoms with Gasteiger partial charge in [0.25, 0.3) is 5.91 Å². The lowest BCUT2D eigenvalue weighted by Crippen LogP contribution is -2.44. The molecule has 2 heterocycles. The van der Waals surface area contributed by atoms with Crippen molar-refractivity contribution in [1.29, 1.82) is 0 Å². The first kappa shape index (κ1) is 8.96. The molecule has 0 aromatic carbocycles. The summed E-state index contributed by atoms with van der Waals surface area (Å²) in [4.78, 5) is 13.4. The molecule has 2 rings (SSSR count). The first-order chi connectivity index (χ1) is 6.72. The summed E-state index contributed by atoms with van der Waals surface area (Å²) in [7, 11) is 0. The van der Waals surface area contributed by atoms with E-state index in [4.69, 9.17) is 10.3 Å². The van der Waals surface area contributed by atoms with Gasteiger partial charge in [-0.1, -0.05) is 11.7 Å². The normalized spacial score (nSPS) is 15.5. The summed E-state index contributed by atoms with van der Waals surface area (Å²) in [6.45, 7) is 5.21. The number of likely N-dealkylation sites (tertiary alicyclic amines) is 1. The van der Waals surface area contributed by atoms with E-state index in [1.807, 2.05) is 0 Å². The van der Waals surface area contributed by atoms with Gasteiger partial charge in [-0.05, 0) is 5.57 Å². The number of aromatic nitrogens is 1. The van der Waals surface area contributed by atoms with E-state index >= 15 is 0 Å². The largest absolute Gasteiger partial charge is 0.364 e. The number of rotatable bonds is 2. The maximum atomic E-state index is 11.7. The molecular weight excluding hydrogens is 182 g/mol. The molecule has 0 atom stereocenters. The van der Waals surface area contributed by atoms with Crippen LogP contribution < -0.4 is 5.73 Å². The van der Waals surface area contributed by atoms with Crippen molar-refractivity contribution in [3.05, 3.63) is 29.7 Å². The topological polar surface area (TPSA) is 72.4 Å². The standard InChI is InChI=1S/C9H11N3O2/c1-6-3-12(4-6)9(13)7-5-14-11-8(7)2-10/h5H,1-4,10H2. The van der Waals surface area contributed by atoms with Gasteiger partial charge in [0.1, 0.15) is 17.5 Å². The fourth-order valence-corrected chi connectivity index (χ4v) is 1.39. The Balaban J connectivity index is 2.15. The molecule has 0 unspecified atom stereocenters. The van der Waals surface area contributed by atoms with Crippen LogP contribution in [0.2, 0.25) is 0 Å². The quantitative estimate of drug-likeness (QED) is 0.678. The van der Waals surface area contributed by atoms with Crippen molar-refractivity contribution < 1.29 is 9.32 Å². The maximum absolute atomic E-state index is 11.7. The van der Waals surface area contributed by atoms with Crippen LogP contribution in [0.15, 0.2) is 22.9 Å². The second-order valence-corrected chi connectivity index (χ2v) is 3.29. The Morgan fingerprint density at radius 3 is 3.00 bits per heavy atom. The molecular formula is C9H11N3O2. The monoisotopic (exact) mass is 193 g/mol. The van der Waals surface area contributed by atoms with E-state index in [2.05, 4.69) is 11.7 Å². The van der Waals surface area contributed by atoms with Crippen molar-refractivity contribution in [1.82, 2.24) is 10.1 Å². The van der Waals surface area contributed by atoms with Gasteiger partial charge >= 0.3 is 0 Å². The van der Waals surface area contributed by atoms with Gasteiger partial charge in [-0.3, -0.25) is 4.79 Å². The second-order valence-electron chi connectivity index (χ2n) is 3.29. The first-order valence-corrected chi connectivity index (χ1v) is 4.31. The molecule has 5 heteroatoms. The van der Waals surface area contributed by atoms with Gasteiger partial charge in [0.15, 0.2) is 0 Å². The molecule has 1 aliphatic heterocycles. The van der Waals surface area contributed by atoms with E-state index in [0.717, 1.165) is 5.57 Å². The zero-order valence-corrected chi connectivity index (χ0v) is 7.69. The summed E-state index contributed by atoms with van der Waals surface area (Å²) >= 11 is 0. The van der Waals surface area contributed by atoms with Gasteiger partial charge in [-0.25, -0.2) is 0 Å². The molecule has 1 aromatic rings. The van der Waals surface area contributed by atoms with Gasteiger partial charge in [0, 0.05) is 19.6 Å². The maximum Gasteiger partial charge on any atom is 0.259 e. The molecule has 1 amide bonds. The molecule has 0 spiro atoms. The number of hydrogen-bond donors (Lipinski definition) is 1. The molecule has 2 N–H and O–H groups in total. The smallest absolute Gasteiger partial charge is 0.259 e. The summed E-state index contributed by atoms with van der Waals surface area (Å²) in [6.07, 6.45) is 1.34. The van der Waals surface area contributed by atoms with Crippen LogP contribution in [0.3, 0.4) is 0 Å². The van der Waals surface area contributed by atoms with Crippen LogP contribution in [0, 0.1) is 0 Å². The van der Waals surface area contributed by atoms with Crippen LogP contribution in [-0.4, -0.2) is 29.1 Å². The molecule has 1 fully saturated rings. The van der Waals surface area contributed by atoms with Crippen molar-refractivity contribution in [3.8, 4) is 0 Å². The Labute approximate surface area is 81.2 Å². The summed E-state index contributed by atoms with van der Waals surface area (Å²) in [5, 5.41) is 3.65. The van der Waals surface area contributed by atoms with Gasteiger partial charge < -0.3 is 15.2 Å². The van der Waals surface area contributed by atoms with Crippen LogP contribution in [0.25, 0.3) is 0 Å². The fraction of sp³-hybridized carbons (Fsp3) is 0.333. The average Bonchev–Trinajstić information content (AvgIpc) is 2.59. The molecule has 0 bridgehead atoms. The minimum atomic E-state index is -0.0842. The third-order valence-electron chi connectivity index (χ3n) is 2.18. The van der Waals surface area contributed by atoms with Crippen LogP contribution in [-0.2, 0) is 6.54 Å². The Morgan fingerprint density at radius 1 is 1.71 bits per heavy atom. The van der Waals surface area contributed by atoms with Gasteiger partial charge in [0.05, 0.1) is 0 Å². The lowest BCUT2D eigenvalue weighted by molar-refractivity contribution is 0.0726. The molecule has 1 saturated heterocycles. The molecule has 0 aliphatic carbocycles. The van der Waals surface area contributed by atoms with Crippen molar-refractivity contribution in [2.75, 3.05) is 13.1 Å². The fourth-order valence-electron chi connectivity index (χ4n) is 1.39. The number of carbonyl (C=O) groups is 1. The molecule has 5 nitrogen and oxygen atoms in total. The highest BCUT2D eigenvalue weighted by atomic mass is 16.5. The SMILES string of the molecule is C=C1CN(C(=O)c2conc2CN)C1. The molecule has 14 heavy (non-hydrogen) atoms. The average molecular weight is 193 g/mol. The van der Waals surface area contributed by atoms with Crippen LogP contribution in [0.1, 0.15) is 16.1 Å². The molecule has 0 radical (unpaired) electrons. The van der Waals surface area contributed by atoms with Crippen LogP contribution in [0.5, 0.6) is 0 Å². The predicted octanol–water partition coefficient (Wildman–Crippen LogP) is 0.145. The number of carbonyl (C=O) groups excluding carboxylic acids is 1. The zero-order chi connectivity index (χ0) is 10.1. The van der Waals surface area contributed by atoms with Crippen molar-refractivity contribution in [2.45, 2.75) is 6.54 Å². The van der Waals surface area contributed by atoms with E-state index in [9.17, 15) is 4.79 Å². The van der Waals surface area contributed by atoms with E-state index in [0.29, 0.717) is 24.3 Å². The molecule has 1 aliphatic rings. The zero-order valence-electron chi connectivity index (χ0n) is 7.69. The second kappa shape index (κ2) is 3.26. The lowest BCUT2D eigenvalue weighted by Gasteiger charge is -2.32. The third-order valence-corrected chi connectivity index (χ3v) is 2.18. The highest BCUT2D eigenvalue weighted by Gasteiger charge is 2.27. The number of nitrogens with zero attached hydrogens (tertiary/aromatic N) is 2. The van der Waals surface area contributed by atoms with E-state index in [1.165, 1.54) is 6.26 Å². The Kier molecular flexibility index (Phi) is 2.09. The molecule has 0 saturated carbocycles. The van der Waals surface area contributed by atoms with Gasteiger partial charge in [-0.15, -0.1) is 0 Å². The Morgan fingerprint density at radius 2 is 2.43 bits per heavy atom. The van der Waals surface area contributed by atoms with Crippen LogP contribution in [0.4, 0.5) is 0 Å². The van der Waals surface area contributed by atoms with Crippen LogP contribution >= 0.6 is 0 Å². The van der Waals surface area contributed by atoms with E-state index in [-0.39, 0.29) is 12.5 Å². The highest BCUT2D eigenvalue weighted by Crippen LogP contribution is 2.17. The summed E-state index contributed by atoms with van der Waals surface area (Å²) in [5.41, 5.74) is 7.43. The Bertz CT molecular complexity index is 375. The summed E-state index contributed by atoms with van der Waals surface area (Å²) < 4.78 is 4.70. The van der Waals surface area contributed by atoms with Gasteiger partial charge in [-0.2, -0.15) is 0 Å². The summed E-state index contributed by atoms with van der Waals surface area (Å²) in [6, 6.07) is 0. The van der Waals surface area contributed by atoms with Gasteiger partial charge in [0.2, 0.25) is 0 Å². The summed E-state index contributed by atoms with van der Waals surface area (Å²) in [5.74, 6) is -0.0842. The number of amides is 1. The lowest BCUT2D eigenvalue weighted by atomic mass is 10.1. The molecule has 74 valence electrons. The minimum Gasteiger partial charge on any atom is -0.364 e. The molecule has 1 aromatic heterocycles. The highest BCUT2D eigenvalue weighted by molar-refractivity contribution is 5.95. The number of nitrogens with two attached hydrogens (primary N) is 1.